The first-order valence-electron chi connectivity index (χ1n) is 11.9. The number of aliphatic hydroxyl groups excluding tert-OH is 1. The molecule has 1 N–H and O–H groups in total. The lowest BCUT2D eigenvalue weighted by Gasteiger charge is -2.37. The number of rotatable bonds is 10. The van der Waals surface area contributed by atoms with Crippen molar-refractivity contribution in [2.24, 2.45) is 11.8 Å². The summed E-state index contributed by atoms with van der Waals surface area (Å²) in [5.41, 5.74) is -0.540. The molecule has 10 heteroatoms. The molecule has 1 aromatic carbocycles. The highest BCUT2D eigenvalue weighted by Gasteiger charge is 2.77. The first-order chi connectivity index (χ1) is 16.8. The van der Waals surface area contributed by atoms with Gasteiger partial charge in [0.1, 0.15) is 11.6 Å². The molecule has 0 aromatic heterocycles. The standard InChI is InChI=1S/C25H30BrClN2O6/c1-3-11-28(16-9-7-15(27)8-10-16)23(32)21-25-14-17(26)20(35-25)18(24(33)34-4-2)19(25)22(31)29(21)12-5-6-13-30/h3,7-10,17-21,30H,1,4-6,11-14H2,2H3/t17?,18-,19+,20-,21?,25?/m1/s1. The number of unbranched alkanes of at least 4 members (excludes halogenated alkanes) is 1. The van der Waals surface area contributed by atoms with Crippen LogP contribution in [0.1, 0.15) is 26.2 Å². The van der Waals surface area contributed by atoms with Crippen molar-refractivity contribution in [2.45, 2.75) is 48.8 Å². The first kappa shape index (κ1) is 26.1. The van der Waals surface area contributed by atoms with Crippen LogP contribution in [0.4, 0.5) is 5.69 Å². The van der Waals surface area contributed by atoms with Crippen LogP contribution in [0.3, 0.4) is 0 Å². The maximum Gasteiger partial charge on any atom is 0.312 e. The third-order valence-corrected chi connectivity index (χ3v) is 8.20. The number of carbonyl (C=O) groups excluding carboxylic acids is 3. The van der Waals surface area contributed by atoms with E-state index in [0.29, 0.717) is 30.0 Å². The van der Waals surface area contributed by atoms with Crippen molar-refractivity contribution in [3.05, 3.63) is 41.9 Å². The molecule has 35 heavy (non-hydrogen) atoms. The van der Waals surface area contributed by atoms with E-state index in [1.54, 1.807) is 47.1 Å². The average molecular weight is 570 g/mol. The molecule has 0 aliphatic carbocycles. The van der Waals surface area contributed by atoms with Crippen LogP contribution >= 0.6 is 27.5 Å². The number of likely N-dealkylation sites (tertiary alicyclic amines) is 1. The zero-order chi connectivity index (χ0) is 25.3. The maximum atomic E-state index is 14.2. The Morgan fingerprint density at radius 1 is 1.37 bits per heavy atom. The van der Waals surface area contributed by atoms with Crippen molar-refractivity contribution in [1.82, 2.24) is 4.90 Å². The average Bonchev–Trinajstić information content (AvgIpc) is 3.42. The fourth-order valence-corrected chi connectivity index (χ4v) is 6.84. The summed E-state index contributed by atoms with van der Waals surface area (Å²) < 4.78 is 11.8. The summed E-state index contributed by atoms with van der Waals surface area (Å²) in [6.45, 7) is 6.18. The largest absolute Gasteiger partial charge is 0.466 e. The number of hydrogen-bond acceptors (Lipinski definition) is 6. The monoisotopic (exact) mass is 568 g/mol. The molecule has 0 saturated carbocycles. The van der Waals surface area contributed by atoms with Gasteiger partial charge >= 0.3 is 5.97 Å². The Kier molecular flexibility index (Phi) is 7.90. The van der Waals surface area contributed by atoms with E-state index < -0.39 is 35.6 Å². The van der Waals surface area contributed by atoms with E-state index in [0.717, 1.165) is 0 Å². The third kappa shape index (κ3) is 4.41. The molecule has 3 unspecified atom stereocenters. The van der Waals surface area contributed by atoms with E-state index in [1.165, 1.54) is 0 Å². The Morgan fingerprint density at radius 3 is 2.71 bits per heavy atom. The van der Waals surface area contributed by atoms with Crippen LogP contribution in [-0.4, -0.2) is 76.7 Å². The number of amides is 2. The molecule has 3 saturated heterocycles. The number of nitrogens with zero attached hydrogens (tertiary/aromatic N) is 2. The van der Waals surface area contributed by atoms with Gasteiger partial charge in [0.25, 0.3) is 5.91 Å². The van der Waals surface area contributed by atoms with Crippen LogP contribution in [0.5, 0.6) is 0 Å². The topological polar surface area (TPSA) is 96.4 Å². The summed E-state index contributed by atoms with van der Waals surface area (Å²) in [4.78, 5) is 43.9. The smallest absolute Gasteiger partial charge is 0.312 e. The highest BCUT2D eigenvalue weighted by atomic mass is 79.9. The molecule has 1 aromatic rings. The summed E-state index contributed by atoms with van der Waals surface area (Å²) in [5, 5.41) is 9.83. The normalized spacial score (nSPS) is 30.9. The molecule has 1 spiro atoms. The van der Waals surface area contributed by atoms with Gasteiger partial charge in [0.2, 0.25) is 5.91 Å². The SMILES string of the molecule is C=CCN(C(=O)C1N(CCCCO)C(=O)[C@@H]2[C@@H](C(=O)OCC)[C@@H]3OC12CC3Br)c1ccc(Cl)cc1. The zero-order valence-corrected chi connectivity index (χ0v) is 21.9. The molecular weight excluding hydrogens is 540 g/mol. The van der Waals surface area contributed by atoms with Crippen molar-refractivity contribution in [3.63, 3.8) is 0 Å². The van der Waals surface area contributed by atoms with E-state index in [-0.39, 0.29) is 42.9 Å². The Labute approximate surface area is 218 Å². The lowest BCUT2D eigenvalue weighted by molar-refractivity contribution is -0.154. The summed E-state index contributed by atoms with van der Waals surface area (Å²) in [6.07, 6.45) is 2.49. The van der Waals surface area contributed by atoms with Gasteiger partial charge in [0.05, 0.1) is 24.5 Å². The van der Waals surface area contributed by atoms with Gasteiger partial charge in [-0.1, -0.05) is 33.6 Å². The fraction of sp³-hybridized carbons (Fsp3) is 0.560. The molecule has 3 fully saturated rings. The van der Waals surface area contributed by atoms with Gasteiger partial charge in [-0.2, -0.15) is 0 Å². The fourth-order valence-electron chi connectivity index (χ4n) is 5.77. The van der Waals surface area contributed by atoms with E-state index >= 15 is 0 Å². The molecule has 2 amide bonds. The van der Waals surface area contributed by atoms with Gasteiger partial charge in [0.15, 0.2) is 0 Å². The second-order valence-corrected chi connectivity index (χ2v) is 10.7. The highest BCUT2D eigenvalue weighted by molar-refractivity contribution is 9.09. The molecule has 6 atom stereocenters. The summed E-state index contributed by atoms with van der Waals surface area (Å²) in [6, 6.07) is 5.95. The van der Waals surface area contributed by atoms with Crippen LogP contribution in [0.15, 0.2) is 36.9 Å². The van der Waals surface area contributed by atoms with Crippen LogP contribution < -0.4 is 4.90 Å². The Morgan fingerprint density at radius 2 is 2.09 bits per heavy atom. The van der Waals surface area contributed by atoms with Gasteiger partial charge in [-0.15, -0.1) is 6.58 Å². The predicted molar refractivity (Wildman–Crippen MR) is 134 cm³/mol. The molecular formula is C25H30BrClN2O6. The second kappa shape index (κ2) is 10.6. The molecule has 8 nitrogen and oxygen atoms in total. The van der Waals surface area contributed by atoms with E-state index in [1.807, 2.05) is 0 Å². The quantitative estimate of drug-likeness (QED) is 0.201. The lowest BCUT2D eigenvalue weighted by atomic mass is 9.70. The van der Waals surface area contributed by atoms with Gasteiger partial charge < -0.3 is 24.4 Å². The van der Waals surface area contributed by atoms with Gasteiger partial charge in [0, 0.05) is 35.2 Å². The number of hydrogen-bond donors (Lipinski definition) is 1. The zero-order valence-electron chi connectivity index (χ0n) is 19.6. The van der Waals surface area contributed by atoms with Crippen LogP contribution in [-0.2, 0) is 23.9 Å². The number of alkyl halides is 1. The molecule has 0 radical (unpaired) electrons. The lowest BCUT2D eigenvalue weighted by Crippen LogP contribution is -2.57. The molecule has 2 bridgehead atoms. The number of aliphatic hydroxyl groups is 1. The Balaban J connectivity index is 1.77. The first-order valence-corrected chi connectivity index (χ1v) is 13.2. The van der Waals surface area contributed by atoms with E-state index in [2.05, 4.69) is 22.5 Å². The van der Waals surface area contributed by atoms with Crippen molar-refractivity contribution in [3.8, 4) is 0 Å². The maximum absolute atomic E-state index is 14.2. The molecule has 3 heterocycles. The van der Waals surface area contributed by atoms with Gasteiger partial charge in [-0.3, -0.25) is 14.4 Å². The van der Waals surface area contributed by atoms with E-state index in [9.17, 15) is 19.5 Å². The summed E-state index contributed by atoms with van der Waals surface area (Å²) in [7, 11) is 0. The minimum atomic E-state index is -1.16. The number of ether oxygens (including phenoxy) is 2. The molecule has 3 aliphatic heterocycles. The van der Waals surface area contributed by atoms with Crippen molar-refractivity contribution < 1.29 is 29.0 Å². The summed E-state index contributed by atoms with van der Waals surface area (Å²) in [5.74, 6) is -2.67. The number of halogens is 2. The number of carbonyl (C=O) groups is 3. The van der Waals surface area contributed by atoms with Crippen molar-refractivity contribution in [1.29, 1.82) is 0 Å². The highest BCUT2D eigenvalue weighted by Crippen LogP contribution is 2.60. The van der Waals surface area contributed by atoms with Crippen LogP contribution in [0.2, 0.25) is 5.02 Å². The second-order valence-electron chi connectivity index (χ2n) is 9.09. The van der Waals surface area contributed by atoms with Crippen LogP contribution in [0.25, 0.3) is 0 Å². The van der Waals surface area contributed by atoms with Crippen molar-refractivity contribution in [2.75, 3.05) is 31.2 Å². The molecule has 3 aliphatic rings. The van der Waals surface area contributed by atoms with E-state index in [4.69, 9.17) is 21.1 Å². The number of fused-ring (bicyclic) bond motifs is 1. The minimum Gasteiger partial charge on any atom is -0.466 e. The summed E-state index contributed by atoms with van der Waals surface area (Å²) >= 11 is 9.69. The predicted octanol–water partition coefficient (Wildman–Crippen LogP) is 2.94. The molecule has 4 rings (SSSR count). The molecule has 190 valence electrons. The Hall–Kier alpha value is -1.94. The van der Waals surface area contributed by atoms with Crippen molar-refractivity contribution >= 4 is 51.0 Å². The Bertz CT molecular complexity index is 991. The van der Waals surface area contributed by atoms with Gasteiger partial charge in [-0.05, 0) is 50.5 Å². The third-order valence-electron chi connectivity index (χ3n) is 7.10. The number of esters is 1. The minimum absolute atomic E-state index is 0.0178. The van der Waals surface area contributed by atoms with Crippen LogP contribution in [0, 0.1) is 11.8 Å². The number of benzene rings is 1. The number of anilines is 1. The van der Waals surface area contributed by atoms with Gasteiger partial charge in [-0.25, -0.2) is 0 Å².